The van der Waals surface area contributed by atoms with Crippen LogP contribution in [0.4, 0.5) is 4.39 Å². The van der Waals surface area contributed by atoms with Gasteiger partial charge in [-0.25, -0.2) is 4.39 Å². The number of rotatable bonds is 9. The second kappa shape index (κ2) is 11.1. The molecule has 0 aliphatic heterocycles. The first kappa shape index (κ1) is 27.7. The van der Waals surface area contributed by atoms with Crippen molar-refractivity contribution in [2.45, 2.75) is 31.7 Å². The van der Waals surface area contributed by atoms with Crippen molar-refractivity contribution < 1.29 is 23.1 Å². The predicted molar refractivity (Wildman–Crippen MR) is 161 cm³/mol. The number of carbonyl (C=O) groups excluding carboxylic acids is 2. The number of furan rings is 1. The third kappa shape index (κ3) is 5.45. The highest BCUT2D eigenvalue weighted by Gasteiger charge is 2.47. The minimum atomic E-state index is -0.632. The van der Waals surface area contributed by atoms with E-state index in [2.05, 4.69) is 16.2 Å². The van der Waals surface area contributed by atoms with Gasteiger partial charge in [0.25, 0.3) is 11.8 Å². The third-order valence-electron chi connectivity index (χ3n) is 7.74. The number of hydrogen-bond donors (Lipinski definition) is 2. The predicted octanol–water partition coefficient (Wildman–Crippen LogP) is 6.06. The van der Waals surface area contributed by atoms with Crippen LogP contribution in [-0.2, 0) is 12.0 Å². The topological polar surface area (TPSA) is 107 Å². The smallest absolute Gasteiger partial charge is 0.255 e. The van der Waals surface area contributed by atoms with Crippen LogP contribution in [0.25, 0.3) is 22.1 Å². The number of carbonyl (C=O) groups is 2. The fourth-order valence-electron chi connectivity index (χ4n) is 5.41. The number of nitrogens with zero attached hydrogens (tertiary/aromatic N) is 1. The summed E-state index contributed by atoms with van der Waals surface area (Å²) < 4.78 is 25.3. The molecule has 1 fully saturated rings. The van der Waals surface area contributed by atoms with Crippen LogP contribution in [0.3, 0.4) is 0 Å². The Morgan fingerprint density at radius 2 is 1.91 bits per heavy atom. The summed E-state index contributed by atoms with van der Waals surface area (Å²) in [5, 5.41) is 3.71. The second-order valence-corrected chi connectivity index (χ2v) is 10.7. The standard InChI is InChI=1S/C35H28FN3O4/c1-3-16-42-29-17-21(2)25(20-27(29)34(41)39-35(13-14-35)31-6-4-5-15-38-31)23-9-12-28-26(19-23)32(33(37)40)30(43-28)18-22-7-10-24(36)11-8-22/h1,4-12,15,17,19-20H,13-14,16,18H2,2H3,(H2,37,40)(H,39,41). The van der Waals surface area contributed by atoms with E-state index < -0.39 is 11.4 Å². The molecule has 3 aromatic carbocycles. The highest BCUT2D eigenvalue weighted by atomic mass is 19.1. The Morgan fingerprint density at radius 1 is 1.12 bits per heavy atom. The number of amides is 2. The van der Waals surface area contributed by atoms with Gasteiger partial charge in [0.1, 0.15) is 29.5 Å². The summed E-state index contributed by atoms with van der Waals surface area (Å²) in [7, 11) is 0. The van der Waals surface area contributed by atoms with Gasteiger partial charge in [-0.1, -0.05) is 30.2 Å². The largest absolute Gasteiger partial charge is 0.480 e. The monoisotopic (exact) mass is 573 g/mol. The molecule has 0 radical (unpaired) electrons. The van der Waals surface area contributed by atoms with Crippen LogP contribution >= 0.6 is 0 Å². The summed E-state index contributed by atoms with van der Waals surface area (Å²) in [5.41, 5.74) is 10.3. The molecule has 3 N–H and O–H groups in total. The number of fused-ring (bicyclic) bond motifs is 1. The van der Waals surface area contributed by atoms with Gasteiger partial charge in [-0.3, -0.25) is 14.6 Å². The lowest BCUT2D eigenvalue weighted by Gasteiger charge is -2.19. The van der Waals surface area contributed by atoms with Gasteiger partial charge < -0.3 is 20.2 Å². The quantitative estimate of drug-likeness (QED) is 0.208. The Hall–Kier alpha value is -5.42. The molecule has 1 aliphatic rings. The first-order chi connectivity index (χ1) is 20.8. The Bertz CT molecular complexity index is 1900. The van der Waals surface area contributed by atoms with E-state index in [4.69, 9.17) is 21.3 Å². The van der Waals surface area contributed by atoms with Crippen molar-refractivity contribution >= 4 is 22.8 Å². The van der Waals surface area contributed by atoms with Crippen molar-refractivity contribution in [3.05, 3.63) is 119 Å². The van der Waals surface area contributed by atoms with Gasteiger partial charge in [0.2, 0.25) is 0 Å². The maximum absolute atomic E-state index is 13.7. The number of primary amides is 1. The number of ether oxygens (including phenoxy) is 1. The number of benzene rings is 3. The average Bonchev–Trinajstić information content (AvgIpc) is 3.69. The van der Waals surface area contributed by atoms with Crippen LogP contribution in [-0.4, -0.2) is 23.4 Å². The van der Waals surface area contributed by atoms with Gasteiger partial charge in [-0.05, 0) is 90.6 Å². The number of aryl methyl sites for hydroxylation is 1. The summed E-state index contributed by atoms with van der Waals surface area (Å²) in [5.74, 6) is 1.94. The number of nitrogens with one attached hydrogen (secondary N) is 1. The number of terminal acetylenes is 1. The van der Waals surface area contributed by atoms with Crippen molar-refractivity contribution in [1.82, 2.24) is 10.3 Å². The van der Waals surface area contributed by atoms with E-state index >= 15 is 0 Å². The summed E-state index contributed by atoms with van der Waals surface area (Å²) in [6, 6.07) is 20.7. The van der Waals surface area contributed by atoms with Gasteiger partial charge in [-0.2, -0.15) is 0 Å². The number of halogens is 1. The zero-order valence-corrected chi connectivity index (χ0v) is 23.4. The zero-order valence-electron chi connectivity index (χ0n) is 23.4. The normalized spacial score (nSPS) is 13.3. The Balaban J connectivity index is 1.40. The molecular weight excluding hydrogens is 545 g/mol. The molecule has 2 aromatic heterocycles. The molecule has 5 aromatic rings. The molecule has 43 heavy (non-hydrogen) atoms. The number of hydrogen-bond acceptors (Lipinski definition) is 5. The van der Waals surface area contributed by atoms with Crippen molar-refractivity contribution in [2.75, 3.05) is 6.61 Å². The molecule has 0 atom stereocenters. The first-order valence-electron chi connectivity index (χ1n) is 13.8. The lowest BCUT2D eigenvalue weighted by Crippen LogP contribution is -2.35. The fraction of sp³-hybridized carbons (Fsp3) is 0.171. The first-order valence-corrected chi connectivity index (χ1v) is 13.8. The van der Waals surface area contributed by atoms with Crippen LogP contribution in [0.5, 0.6) is 5.75 Å². The molecule has 1 aliphatic carbocycles. The molecule has 0 bridgehead atoms. The molecule has 0 saturated heterocycles. The molecule has 0 spiro atoms. The second-order valence-electron chi connectivity index (χ2n) is 10.7. The Morgan fingerprint density at radius 3 is 2.58 bits per heavy atom. The molecular formula is C35H28FN3O4. The third-order valence-corrected chi connectivity index (χ3v) is 7.74. The van der Waals surface area contributed by atoms with Crippen LogP contribution in [0, 0.1) is 25.1 Å². The molecule has 0 unspecified atom stereocenters. The van der Waals surface area contributed by atoms with E-state index in [1.54, 1.807) is 36.5 Å². The minimum absolute atomic E-state index is 0.00420. The van der Waals surface area contributed by atoms with E-state index in [0.717, 1.165) is 40.8 Å². The van der Waals surface area contributed by atoms with Gasteiger partial charge in [0, 0.05) is 18.0 Å². The minimum Gasteiger partial charge on any atom is -0.480 e. The van der Waals surface area contributed by atoms with Gasteiger partial charge >= 0.3 is 0 Å². The molecule has 7 nitrogen and oxygen atoms in total. The van der Waals surface area contributed by atoms with Crippen molar-refractivity contribution in [3.63, 3.8) is 0 Å². The molecule has 2 amide bonds. The molecule has 6 rings (SSSR count). The highest BCUT2D eigenvalue weighted by molar-refractivity contribution is 6.08. The van der Waals surface area contributed by atoms with Crippen molar-refractivity contribution in [1.29, 1.82) is 0 Å². The summed E-state index contributed by atoms with van der Waals surface area (Å²) in [6.07, 6.45) is 8.99. The Kier molecular flexibility index (Phi) is 7.16. The SMILES string of the molecule is C#CCOc1cc(C)c(-c2ccc3oc(Cc4ccc(F)cc4)c(C(N)=O)c3c2)cc1C(=O)NC1(c2ccccn2)CC1. The summed E-state index contributed by atoms with van der Waals surface area (Å²) in [4.78, 5) is 30.8. The van der Waals surface area contributed by atoms with E-state index in [0.29, 0.717) is 28.0 Å². The summed E-state index contributed by atoms with van der Waals surface area (Å²) in [6.45, 7) is 1.91. The van der Waals surface area contributed by atoms with Crippen LogP contribution < -0.4 is 15.8 Å². The van der Waals surface area contributed by atoms with E-state index in [1.807, 2.05) is 37.3 Å². The van der Waals surface area contributed by atoms with E-state index in [-0.39, 0.29) is 30.3 Å². The van der Waals surface area contributed by atoms with Crippen molar-refractivity contribution in [3.8, 4) is 29.2 Å². The maximum Gasteiger partial charge on any atom is 0.255 e. The highest BCUT2D eigenvalue weighted by Crippen LogP contribution is 2.45. The van der Waals surface area contributed by atoms with E-state index in [9.17, 15) is 14.0 Å². The van der Waals surface area contributed by atoms with Crippen LogP contribution in [0.15, 0.2) is 83.4 Å². The van der Waals surface area contributed by atoms with Crippen LogP contribution in [0.2, 0.25) is 0 Å². The lowest BCUT2D eigenvalue weighted by atomic mass is 9.95. The van der Waals surface area contributed by atoms with Crippen molar-refractivity contribution in [2.24, 2.45) is 5.73 Å². The zero-order chi connectivity index (χ0) is 30.1. The van der Waals surface area contributed by atoms with Gasteiger partial charge in [-0.15, -0.1) is 6.42 Å². The molecule has 2 heterocycles. The maximum atomic E-state index is 13.7. The lowest BCUT2D eigenvalue weighted by molar-refractivity contribution is 0.0925. The molecule has 1 saturated carbocycles. The van der Waals surface area contributed by atoms with Gasteiger partial charge in [0.15, 0.2) is 0 Å². The Labute approximate surface area is 247 Å². The fourth-order valence-corrected chi connectivity index (χ4v) is 5.41. The number of aromatic nitrogens is 1. The average molecular weight is 574 g/mol. The van der Waals surface area contributed by atoms with E-state index in [1.165, 1.54) is 12.1 Å². The molecule has 8 heteroatoms. The molecule has 214 valence electrons. The van der Waals surface area contributed by atoms with Crippen LogP contribution in [0.1, 0.15) is 56.1 Å². The summed E-state index contributed by atoms with van der Waals surface area (Å²) >= 11 is 0. The number of pyridine rings is 1. The number of nitrogens with two attached hydrogens (primary N) is 1. The van der Waals surface area contributed by atoms with Gasteiger partial charge in [0.05, 0.1) is 22.4 Å².